The maximum atomic E-state index is 12.4. The summed E-state index contributed by atoms with van der Waals surface area (Å²) in [6, 6.07) is 3.08. The number of benzene rings is 1. The van der Waals surface area contributed by atoms with Gasteiger partial charge in [0.25, 0.3) is 0 Å². The van der Waals surface area contributed by atoms with Gasteiger partial charge in [0.1, 0.15) is 0 Å². The standard InChI is InChI=1S/C9H6ClF3O/c1-5(14)7-3-2-6(10)4-8(7)9(11,12)13/h2-4H,1H3. The van der Waals surface area contributed by atoms with E-state index in [4.69, 9.17) is 11.6 Å². The van der Waals surface area contributed by atoms with Crippen LogP contribution < -0.4 is 0 Å². The molecule has 0 saturated carbocycles. The van der Waals surface area contributed by atoms with E-state index in [2.05, 4.69) is 0 Å². The Kier molecular flexibility index (Phi) is 2.85. The molecular weight excluding hydrogens is 217 g/mol. The van der Waals surface area contributed by atoms with E-state index in [1.807, 2.05) is 0 Å². The Morgan fingerprint density at radius 3 is 2.36 bits per heavy atom. The Balaban J connectivity index is 3.38. The van der Waals surface area contributed by atoms with E-state index in [1.54, 1.807) is 0 Å². The van der Waals surface area contributed by atoms with E-state index >= 15 is 0 Å². The molecule has 1 aromatic rings. The molecule has 0 atom stereocenters. The van der Waals surface area contributed by atoms with E-state index in [1.165, 1.54) is 6.07 Å². The van der Waals surface area contributed by atoms with Gasteiger partial charge in [-0.1, -0.05) is 11.6 Å². The summed E-state index contributed by atoms with van der Waals surface area (Å²) in [6.45, 7) is 1.08. The molecule has 1 nitrogen and oxygen atoms in total. The van der Waals surface area contributed by atoms with Crippen molar-refractivity contribution in [2.45, 2.75) is 13.1 Å². The van der Waals surface area contributed by atoms with Gasteiger partial charge < -0.3 is 0 Å². The zero-order valence-corrected chi connectivity index (χ0v) is 7.91. The summed E-state index contributed by atoms with van der Waals surface area (Å²) < 4.78 is 37.1. The second kappa shape index (κ2) is 3.61. The lowest BCUT2D eigenvalue weighted by Crippen LogP contribution is -2.11. The average Bonchev–Trinajstić information content (AvgIpc) is 2.01. The van der Waals surface area contributed by atoms with Crippen LogP contribution in [0.4, 0.5) is 13.2 Å². The second-order valence-corrected chi connectivity index (χ2v) is 3.18. The van der Waals surface area contributed by atoms with Crippen LogP contribution in [0.15, 0.2) is 18.2 Å². The second-order valence-electron chi connectivity index (χ2n) is 2.74. The SMILES string of the molecule is CC(=O)c1ccc(Cl)cc1C(F)(F)F. The summed E-state index contributed by atoms with van der Waals surface area (Å²) in [7, 11) is 0. The zero-order valence-electron chi connectivity index (χ0n) is 7.15. The average molecular weight is 223 g/mol. The molecule has 0 amide bonds. The van der Waals surface area contributed by atoms with Crippen LogP contribution in [0.2, 0.25) is 5.02 Å². The number of hydrogen-bond donors (Lipinski definition) is 0. The minimum atomic E-state index is -4.55. The molecule has 1 rings (SSSR count). The van der Waals surface area contributed by atoms with Gasteiger partial charge in [0, 0.05) is 10.6 Å². The number of carbonyl (C=O) groups excluding carboxylic acids is 1. The van der Waals surface area contributed by atoms with Crippen LogP contribution in [0.1, 0.15) is 22.8 Å². The Morgan fingerprint density at radius 1 is 1.36 bits per heavy atom. The molecule has 0 radical (unpaired) electrons. The third-order valence-corrected chi connectivity index (χ3v) is 1.90. The number of Topliss-reactive ketones (excluding diaryl/α,β-unsaturated/α-hetero) is 1. The van der Waals surface area contributed by atoms with E-state index in [0.29, 0.717) is 0 Å². The molecule has 0 fully saturated rings. The van der Waals surface area contributed by atoms with Crippen LogP contribution in [0.5, 0.6) is 0 Å². The molecular formula is C9H6ClF3O. The summed E-state index contributed by atoms with van der Waals surface area (Å²) in [5.74, 6) is -0.631. The molecule has 0 saturated heterocycles. The third kappa shape index (κ3) is 2.26. The van der Waals surface area contributed by atoms with E-state index in [0.717, 1.165) is 19.1 Å². The summed E-state index contributed by atoms with van der Waals surface area (Å²) in [6.07, 6.45) is -4.55. The van der Waals surface area contributed by atoms with Crippen LogP contribution in [-0.2, 0) is 6.18 Å². The minimum Gasteiger partial charge on any atom is -0.294 e. The monoisotopic (exact) mass is 222 g/mol. The highest BCUT2D eigenvalue weighted by atomic mass is 35.5. The van der Waals surface area contributed by atoms with Gasteiger partial charge in [-0.05, 0) is 25.1 Å². The van der Waals surface area contributed by atoms with Gasteiger partial charge >= 0.3 is 6.18 Å². The van der Waals surface area contributed by atoms with Gasteiger partial charge in [0.05, 0.1) is 5.56 Å². The van der Waals surface area contributed by atoms with Crippen LogP contribution in [-0.4, -0.2) is 5.78 Å². The van der Waals surface area contributed by atoms with Crippen LogP contribution in [0.3, 0.4) is 0 Å². The van der Waals surface area contributed by atoms with Gasteiger partial charge in [0.15, 0.2) is 5.78 Å². The summed E-state index contributed by atoms with van der Waals surface area (Å²) in [5, 5.41) is -0.0395. The highest BCUT2D eigenvalue weighted by Crippen LogP contribution is 2.33. The van der Waals surface area contributed by atoms with Crippen molar-refractivity contribution in [3.63, 3.8) is 0 Å². The Morgan fingerprint density at radius 2 is 1.93 bits per heavy atom. The molecule has 14 heavy (non-hydrogen) atoms. The summed E-state index contributed by atoms with van der Waals surface area (Å²) in [5.41, 5.74) is -1.35. The first kappa shape index (κ1) is 11.0. The summed E-state index contributed by atoms with van der Waals surface area (Å²) in [4.78, 5) is 10.9. The van der Waals surface area contributed by atoms with Crippen molar-refractivity contribution in [2.24, 2.45) is 0 Å². The van der Waals surface area contributed by atoms with Crippen LogP contribution in [0.25, 0.3) is 0 Å². The van der Waals surface area contributed by atoms with E-state index < -0.39 is 17.5 Å². The molecule has 0 aliphatic heterocycles. The van der Waals surface area contributed by atoms with Crippen molar-refractivity contribution in [1.29, 1.82) is 0 Å². The Hall–Kier alpha value is -1.03. The maximum Gasteiger partial charge on any atom is 0.417 e. The van der Waals surface area contributed by atoms with Gasteiger partial charge in [-0.3, -0.25) is 4.79 Å². The lowest BCUT2D eigenvalue weighted by atomic mass is 10.0. The molecule has 0 spiro atoms. The molecule has 0 N–H and O–H groups in total. The first-order chi connectivity index (χ1) is 6.32. The van der Waals surface area contributed by atoms with Crippen molar-refractivity contribution in [3.8, 4) is 0 Å². The smallest absolute Gasteiger partial charge is 0.294 e. The molecule has 0 aliphatic rings. The molecule has 5 heteroatoms. The first-order valence-electron chi connectivity index (χ1n) is 3.70. The van der Waals surface area contributed by atoms with Crippen molar-refractivity contribution < 1.29 is 18.0 Å². The molecule has 0 heterocycles. The fourth-order valence-electron chi connectivity index (χ4n) is 1.06. The number of ketones is 1. The van der Waals surface area contributed by atoms with E-state index in [9.17, 15) is 18.0 Å². The fourth-order valence-corrected chi connectivity index (χ4v) is 1.23. The normalized spacial score (nSPS) is 11.5. The Labute approximate surface area is 83.5 Å². The molecule has 76 valence electrons. The molecule has 0 aromatic heterocycles. The molecule has 0 aliphatic carbocycles. The third-order valence-electron chi connectivity index (χ3n) is 1.67. The van der Waals surface area contributed by atoms with Gasteiger partial charge in [-0.15, -0.1) is 0 Å². The number of halogens is 4. The van der Waals surface area contributed by atoms with Gasteiger partial charge in [-0.2, -0.15) is 13.2 Å². The fraction of sp³-hybridized carbons (Fsp3) is 0.222. The number of alkyl halides is 3. The highest BCUT2D eigenvalue weighted by molar-refractivity contribution is 6.30. The van der Waals surface area contributed by atoms with Crippen LogP contribution in [0, 0.1) is 0 Å². The topological polar surface area (TPSA) is 17.1 Å². The van der Waals surface area contributed by atoms with Crippen molar-refractivity contribution >= 4 is 17.4 Å². The minimum absolute atomic E-state index is 0.0395. The largest absolute Gasteiger partial charge is 0.417 e. The zero-order chi connectivity index (χ0) is 10.9. The van der Waals surface area contributed by atoms with E-state index in [-0.39, 0.29) is 10.6 Å². The van der Waals surface area contributed by atoms with Crippen LogP contribution >= 0.6 is 11.6 Å². The van der Waals surface area contributed by atoms with Gasteiger partial charge in [-0.25, -0.2) is 0 Å². The predicted octanol–water partition coefficient (Wildman–Crippen LogP) is 3.56. The summed E-state index contributed by atoms with van der Waals surface area (Å²) >= 11 is 5.42. The van der Waals surface area contributed by atoms with Crippen molar-refractivity contribution in [1.82, 2.24) is 0 Å². The molecule has 0 bridgehead atoms. The molecule has 0 unspecified atom stereocenters. The Bertz CT molecular complexity index is 371. The lowest BCUT2D eigenvalue weighted by molar-refractivity contribution is -0.137. The van der Waals surface area contributed by atoms with Crippen molar-refractivity contribution in [2.75, 3.05) is 0 Å². The number of rotatable bonds is 1. The first-order valence-corrected chi connectivity index (χ1v) is 4.08. The number of hydrogen-bond acceptors (Lipinski definition) is 1. The highest BCUT2D eigenvalue weighted by Gasteiger charge is 2.34. The quantitative estimate of drug-likeness (QED) is 0.664. The lowest BCUT2D eigenvalue weighted by Gasteiger charge is -2.10. The maximum absolute atomic E-state index is 12.4. The predicted molar refractivity (Wildman–Crippen MR) is 46.5 cm³/mol. The van der Waals surface area contributed by atoms with Crippen molar-refractivity contribution in [3.05, 3.63) is 34.3 Å². The van der Waals surface area contributed by atoms with Gasteiger partial charge in [0.2, 0.25) is 0 Å². The molecule has 1 aromatic carbocycles. The number of carbonyl (C=O) groups is 1.